The lowest BCUT2D eigenvalue weighted by molar-refractivity contribution is 0.663. The molecule has 0 aliphatic carbocycles. The van der Waals surface area contributed by atoms with E-state index >= 15 is 0 Å². The number of hydrogen-bond acceptors (Lipinski definition) is 0. The maximum absolute atomic E-state index is 2.30. The molecular weight excluding hydrogens is 240 g/mol. The van der Waals surface area contributed by atoms with Crippen LogP contribution in [0.3, 0.4) is 0 Å². The maximum Gasteiger partial charge on any atom is -0.0262 e. The zero-order valence-electron chi connectivity index (χ0n) is 14.5. The molecule has 0 radical (unpaired) electrons. The fourth-order valence-corrected chi connectivity index (χ4v) is 2.23. The largest absolute Gasteiger partial charge is 0.0874 e. The van der Waals surface area contributed by atoms with Crippen LogP contribution in [0.4, 0.5) is 0 Å². The van der Waals surface area contributed by atoms with Gasteiger partial charge in [-0.25, -0.2) is 0 Å². The summed E-state index contributed by atoms with van der Waals surface area (Å²) in [7, 11) is 0. The molecule has 0 aromatic heterocycles. The van der Waals surface area contributed by atoms with E-state index in [0.29, 0.717) is 0 Å². The highest BCUT2D eigenvalue weighted by molar-refractivity contribution is 5.47. The number of allylic oxidation sites excluding steroid dienone is 10. The van der Waals surface area contributed by atoms with Crippen LogP contribution in [0.25, 0.3) is 0 Å². The first kappa shape index (κ1) is 18.7. The Hall–Kier alpha value is -1.30. The Balaban J connectivity index is 5.30. The molecule has 0 heterocycles. The Kier molecular flexibility index (Phi) is 9.80. The molecule has 0 rings (SSSR count). The minimum absolute atomic E-state index is 0.724. The van der Waals surface area contributed by atoms with Crippen molar-refractivity contribution in [3.8, 4) is 0 Å². The molecule has 0 aliphatic heterocycles. The highest BCUT2D eigenvalue weighted by Crippen LogP contribution is 2.22. The minimum atomic E-state index is 0.724. The summed E-state index contributed by atoms with van der Waals surface area (Å²) < 4.78 is 0. The average Bonchev–Trinajstić information content (AvgIpc) is 2.38. The van der Waals surface area contributed by atoms with Crippen LogP contribution >= 0.6 is 0 Å². The first-order valence-corrected chi connectivity index (χ1v) is 7.80. The van der Waals surface area contributed by atoms with E-state index < -0.39 is 0 Å². The molecule has 112 valence electrons. The van der Waals surface area contributed by atoms with Crippen LogP contribution < -0.4 is 0 Å². The highest BCUT2D eigenvalue weighted by Gasteiger charge is 2.03. The molecule has 0 saturated heterocycles. The molecule has 0 aromatic carbocycles. The van der Waals surface area contributed by atoms with Crippen LogP contribution in [0.5, 0.6) is 0 Å². The van der Waals surface area contributed by atoms with Crippen molar-refractivity contribution in [2.45, 2.75) is 61.3 Å². The standard InChI is InChI=1S/C20H32/c1-8-12-17(6)15-19(9-2)20(10-3)18(7)14-11-13-16(4)5/h8-9,11-12,14-16H,10,13H2,1-7H3/b12-8+,14-11-,17-15-,19-9+,20-18+. The van der Waals surface area contributed by atoms with Crippen LogP contribution in [0.1, 0.15) is 61.3 Å². The fourth-order valence-electron chi connectivity index (χ4n) is 2.23. The predicted octanol–water partition coefficient (Wildman–Crippen LogP) is 6.78. The fraction of sp³-hybridized carbons (Fsp3) is 0.500. The van der Waals surface area contributed by atoms with Gasteiger partial charge in [0.2, 0.25) is 0 Å². The van der Waals surface area contributed by atoms with Gasteiger partial charge in [0.15, 0.2) is 0 Å². The van der Waals surface area contributed by atoms with Crippen LogP contribution in [0.15, 0.2) is 58.7 Å². The van der Waals surface area contributed by atoms with E-state index in [4.69, 9.17) is 0 Å². The van der Waals surface area contributed by atoms with Crippen molar-refractivity contribution in [1.29, 1.82) is 0 Å². The van der Waals surface area contributed by atoms with Gasteiger partial charge in [0.1, 0.15) is 0 Å². The molecule has 0 heteroatoms. The van der Waals surface area contributed by atoms with Crippen molar-refractivity contribution >= 4 is 0 Å². The van der Waals surface area contributed by atoms with E-state index in [2.05, 4.69) is 84.9 Å². The van der Waals surface area contributed by atoms with Gasteiger partial charge in [0.05, 0.1) is 0 Å². The summed E-state index contributed by atoms with van der Waals surface area (Å²) in [4.78, 5) is 0. The van der Waals surface area contributed by atoms with Gasteiger partial charge in [-0.15, -0.1) is 0 Å². The zero-order chi connectivity index (χ0) is 15.5. The van der Waals surface area contributed by atoms with E-state index in [0.717, 1.165) is 18.8 Å². The molecule has 0 saturated carbocycles. The Morgan fingerprint density at radius 3 is 2.15 bits per heavy atom. The van der Waals surface area contributed by atoms with Gasteiger partial charge in [-0.1, -0.05) is 62.8 Å². The van der Waals surface area contributed by atoms with E-state index in [9.17, 15) is 0 Å². The van der Waals surface area contributed by atoms with Gasteiger partial charge >= 0.3 is 0 Å². The Bertz CT molecular complexity index is 423. The molecule has 0 amide bonds. The summed E-state index contributed by atoms with van der Waals surface area (Å²) in [5, 5.41) is 0. The van der Waals surface area contributed by atoms with E-state index in [1.807, 2.05) is 0 Å². The van der Waals surface area contributed by atoms with Gasteiger partial charge < -0.3 is 0 Å². The maximum atomic E-state index is 2.30. The summed E-state index contributed by atoms with van der Waals surface area (Å²) in [6.45, 7) is 15.3. The van der Waals surface area contributed by atoms with Crippen molar-refractivity contribution in [2.24, 2.45) is 5.92 Å². The topological polar surface area (TPSA) is 0 Å². The lowest BCUT2D eigenvalue weighted by Gasteiger charge is -2.10. The van der Waals surface area contributed by atoms with Crippen LogP contribution in [-0.2, 0) is 0 Å². The number of hydrogen-bond donors (Lipinski definition) is 0. The SMILES string of the molecule is C/C=C/C(C)=C\C(=C/C)C(\CC)=C(C)\C=C/CC(C)C. The van der Waals surface area contributed by atoms with Gasteiger partial charge in [0.25, 0.3) is 0 Å². The minimum Gasteiger partial charge on any atom is -0.0874 e. The van der Waals surface area contributed by atoms with Crippen LogP contribution in [-0.4, -0.2) is 0 Å². The predicted molar refractivity (Wildman–Crippen MR) is 93.9 cm³/mol. The lowest BCUT2D eigenvalue weighted by Crippen LogP contribution is -1.91. The third-order valence-corrected chi connectivity index (χ3v) is 3.28. The molecule has 0 unspecified atom stereocenters. The van der Waals surface area contributed by atoms with Crippen LogP contribution in [0, 0.1) is 5.92 Å². The summed E-state index contributed by atoms with van der Waals surface area (Å²) in [5.74, 6) is 0.724. The Morgan fingerprint density at radius 2 is 1.70 bits per heavy atom. The molecule has 0 aromatic rings. The molecule has 0 N–H and O–H groups in total. The van der Waals surface area contributed by atoms with Gasteiger partial charge in [-0.2, -0.15) is 0 Å². The van der Waals surface area contributed by atoms with Gasteiger partial charge in [-0.05, 0) is 63.2 Å². The summed E-state index contributed by atoms with van der Waals surface area (Å²) in [5.41, 5.74) is 5.46. The third kappa shape index (κ3) is 7.33. The van der Waals surface area contributed by atoms with E-state index in [-0.39, 0.29) is 0 Å². The summed E-state index contributed by atoms with van der Waals surface area (Å²) in [6.07, 6.45) is 15.5. The summed E-state index contributed by atoms with van der Waals surface area (Å²) >= 11 is 0. The first-order valence-electron chi connectivity index (χ1n) is 7.80. The molecule has 0 spiro atoms. The highest BCUT2D eigenvalue weighted by atomic mass is 14.1. The average molecular weight is 272 g/mol. The molecular formula is C20H32. The van der Waals surface area contributed by atoms with E-state index in [1.54, 1.807) is 0 Å². The summed E-state index contributed by atoms with van der Waals surface area (Å²) in [6, 6.07) is 0. The molecule has 0 aliphatic rings. The second kappa shape index (κ2) is 10.5. The van der Waals surface area contributed by atoms with Crippen molar-refractivity contribution < 1.29 is 0 Å². The number of rotatable bonds is 7. The Labute approximate surface area is 126 Å². The van der Waals surface area contributed by atoms with E-state index in [1.165, 1.54) is 22.3 Å². The second-order valence-electron chi connectivity index (χ2n) is 5.68. The van der Waals surface area contributed by atoms with Crippen molar-refractivity contribution in [1.82, 2.24) is 0 Å². The molecule has 0 atom stereocenters. The molecule has 0 nitrogen and oxygen atoms in total. The van der Waals surface area contributed by atoms with Gasteiger partial charge in [-0.3, -0.25) is 0 Å². The molecule has 0 fully saturated rings. The van der Waals surface area contributed by atoms with Gasteiger partial charge in [0, 0.05) is 0 Å². The Morgan fingerprint density at radius 1 is 1.05 bits per heavy atom. The van der Waals surface area contributed by atoms with Crippen molar-refractivity contribution in [2.75, 3.05) is 0 Å². The zero-order valence-corrected chi connectivity index (χ0v) is 14.5. The van der Waals surface area contributed by atoms with Crippen LogP contribution in [0.2, 0.25) is 0 Å². The first-order chi connectivity index (χ1) is 9.46. The van der Waals surface area contributed by atoms with Crippen molar-refractivity contribution in [3.05, 3.63) is 58.7 Å². The monoisotopic (exact) mass is 272 g/mol. The lowest BCUT2D eigenvalue weighted by atomic mass is 9.95. The smallest absolute Gasteiger partial charge is 0.0262 e. The second-order valence-corrected chi connectivity index (χ2v) is 5.68. The molecule has 20 heavy (non-hydrogen) atoms. The third-order valence-electron chi connectivity index (χ3n) is 3.28. The normalized spacial score (nSPS) is 15.6. The molecule has 0 bridgehead atoms. The quantitative estimate of drug-likeness (QED) is 0.448. The van der Waals surface area contributed by atoms with Crippen molar-refractivity contribution in [3.63, 3.8) is 0 Å².